The van der Waals surface area contributed by atoms with Crippen molar-refractivity contribution in [2.75, 3.05) is 0 Å². The quantitative estimate of drug-likeness (QED) is 0.182. The van der Waals surface area contributed by atoms with Crippen LogP contribution in [0.4, 0.5) is 0 Å². The van der Waals surface area contributed by atoms with E-state index in [4.69, 9.17) is 34.8 Å². The van der Waals surface area contributed by atoms with Gasteiger partial charge in [-0.1, -0.05) is 116 Å². The van der Waals surface area contributed by atoms with E-state index in [0.29, 0.717) is 32.7 Å². The van der Waals surface area contributed by atoms with Gasteiger partial charge in [-0.15, -0.1) is 0 Å². The van der Waals surface area contributed by atoms with Crippen LogP contribution < -0.4 is 10.4 Å². The van der Waals surface area contributed by atoms with E-state index in [1.807, 2.05) is 85.9 Å². The molecule has 0 saturated carbocycles. The average molecular weight is 631 g/mol. The number of aromatic nitrogens is 3. The molecule has 0 N–H and O–H groups in total. The Morgan fingerprint density at radius 1 is 0.553 bits per heavy atom. The van der Waals surface area contributed by atoms with Crippen molar-refractivity contribution in [3.63, 3.8) is 0 Å². The van der Waals surface area contributed by atoms with Crippen molar-refractivity contribution < 1.29 is 21.2 Å². The second-order valence-corrected chi connectivity index (χ2v) is 16.3. The molecule has 0 aliphatic carbocycles. The first-order valence-electron chi connectivity index (χ1n) is 19.6. The Morgan fingerprint density at radius 3 is 2.17 bits per heavy atom. The van der Waals surface area contributed by atoms with Gasteiger partial charge in [-0.05, 0) is 40.2 Å². The Labute approximate surface area is 283 Å². The van der Waals surface area contributed by atoms with Crippen LogP contribution in [-0.2, 0) is 0 Å². The SMILES string of the molecule is [2H]c1c([2H])c([2H])c2c(c1[2H])-c1c(c([2H])c(-c3nc(-c4ccccc4)nc(-c4cccc5oc6ccccc6c45)n3)c3c1oc1c([2H])c([2H])c([2H])c([2H])c13)[Si]2(C)C. The minimum atomic E-state index is -3.16. The molecule has 4 heterocycles. The van der Waals surface area contributed by atoms with Gasteiger partial charge in [0.2, 0.25) is 0 Å². The van der Waals surface area contributed by atoms with Crippen LogP contribution in [0.15, 0.2) is 136 Å². The van der Waals surface area contributed by atoms with E-state index in [1.54, 1.807) is 0 Å². The highest BCUT2D eigenvalue weighted by atomic mass is 28.3. The molecular formula is C41H27N3O2Si. The first-order chi connectivity index (χ1) is 26.8. The van der Waals surface area contributed by atoms with Gasteiger partial charge >= 0.3 is 0 Å². The first-order valence-corrected chi connectivity index (χ1v) is 18.1. The summed E-state index contributed by atoms with van der Waals surface area (Å²) >= 11 is 0. The summed E-state index contributed by atoms with van der Waals surface area (Å²) in [5, 5.41) is 2.65. The molecule has 10 rings (SSSR count). The third-order valence-electron chi connectivity index (χ3n) is 9.03. The fourth-order valence-corrected chi connectivity index (χ4v) is 9.59. The monoisotopic (exact) mass is 630 g/mol. The highest BCUT2D eigenvalue weighted by Gasteiger charge is 2.40. The van der Waals surface area contributed by atoms with Crippen LogP contribution in [0.1, 0.15) is 12.3 Å². The van der Waals surface area contributed by atoms with Gasteiger partial charge in [0.05, 0.1) is 12.3 Å². The van der Waals surface area contributed by atoms with E-state index in [9.17, 15) is 1.37 Å². The molecule has 222 valence electrons. The van der Waals surface area contributed by atoms with Crippen LogP contribution in [0.2, 0.25) is 13.1 Å². The van der Waals surface area contributed by atoms with E-state index >= 15 is 0 Å². The predicted molar refractivity (Wildman–Crippen MR) is 193 cm³/mol. The summed E-state index contributed by atoms with van der Waals surface area (Å²) in [7, 11) is -3.16. The minimum absolute atomic E-state index is 0.0113. The van der Waals surface area contributed by atoms with Crippen molar-refractivity contribution in [3.8, 4) is 45.3 Å². The number of nitrogens with zero attached hydrogens (tertiary/aromatic N) is 3. The second kappa shape index (κ2) is 9.58. The molecule has 0 amide bonds. The van der Waals surface area contributed by atoms with Crippen molar-refractivity contribution in [2.45, 2.75) is 13.1 Å². The molecular weight excluding hydrogens is 595 g/mol. The van der Waals surface area contributed by atoms with Gasteiger partial charge in [-0.2, -0.15) is 0 Å². The molecule has 9 aromatic rings. The van der Waals surface area contributed by atoms with Crippen molar-refractivity contribution in [1.29, 1.82) is 0 Å². The number of hydrogen-bond acceptors (Lipinski definition) is 5. The third-order valence-corrected chi connectivity index (χ3v) is 12.3. The number of fused-ring (bicyclic) bond motifs is 10. The number of hydrogen-bond donors (Lipinski definition) is 0. The van der Waals surface area contributed by atoms with Crippen molar-refractivity contribution in [3.05, 3.63) is 127 Å². The summed E-state index contributed by atoms with van der Waals surface area (Å²) < 4.78 is 93.2. The molecule has 1 aliphatic rings. The molecule has 0 fully saturated rings. The van der Waals surface area contributed by atoms with Gasteiger partial charge < -0.3 is 8.83 Å². The maximum atomic E-state index is 10.1. The largest absolute Gasteiger partial charge is 0.456 e. The lowest BCUT2D eigenvalue weighted by Gasteiger charge is -2.19. The van der Waals surface area contributed by atoms with Gasteiger partial charge in [-0.3, -0.25) is 0 Å². The number of rotatable bonds is 3. The Hall–Kier alpha value is -5.85. The van der Waals surface area contributed by atoms with Crippen molar-refractivity contribution >= 4 is 62.3 Å². The van der Waals surface area contributed by atoms with E-state index in [-0.39, 0.29) is 80.3 Å². The van der Waals surface area contributed by atoms with Gasteiger partial charge in [0.15, 0.2) is 17.5 Å². The lowest BCUT2D eigenvalue weighted by Crippen LogP contribution is -2.49. The summed E-state index contributed by atoms with van der Waals surface area (Å²) in [6.07, 6.45) is 0. The Morgan fingerprint density at radius 2 is 1.28 bits per heavy atom. The average Bonchev–Trinajstić information content (AvgIpc) is 3.86. The summed E-state index contributed by atoms with van der Waals surface area (Å²) in [6.45, 7) is 3.84. The first kappa shape index (κ1) is 19.0. The van der Waals surface area contributed by atoms with E-state index in [2.05, 4.69) is 0 Å². The molecule has 0 spiro atoms. The zero-order chi connectivity index (χ0) is 39.1. The van der Waals surface area contributed by atoms with Crippen LogP contribution in [0.5, 0.6) is 0 Å². The fourth-order valence-electron chi connectivity index (χ4n) is 6.85. The maximum Gasteiger partial charge on any atom is 0.164 e. The number of benzene rings is 6. The Bertz CT molecular complexity index is 3240. The van der Waals surface area contributed by atoms with Crippen LogP contribution in [0.25, 0.3) is 89.2 Å². The van der Waals surface area contributed by atoms with Gasteiger partial charge in [0.25, 0.3) is 0 Å². The molecule has 1 aliphatic heterocycles. The summed E-state index contributed by atoms with van der Waals surface area (Å²) in [5.41, 5.74) is 3.16. The van der Waals surface area contributed by atoms with Crippen LogP contribution in [0, 0.1) is 0 Å². The van der Waals surface area contributed by atoms with Crippen LogP contribution >= 0.6 is 0 Å². The zero-order valence-corrected chi connectivity index (χ0v) is 26.1. The molecule has 6 aromatic carbocycles. The molecule has 6 heteroatoms. The van der Waals surface area contributed by atoms with Gasteiger partial charge in [0, 0.05) is 43.8 Å². The minimum Gasteiger partial charge on any atom is -0.456 e. The van der Waals surface area contributed by atoms with Crippen molar-refractivity contribution in [1.82, 2.24) is 15.0 Å². The maximum absolute atomic E-state index is 10.1. The molecule has 47 heavy (non-hydrogen) atoms. The molecule has 3 aromatic heterocycles. The number of furan rings is 2. The molecule has 0 atom stereocenters. The highest BCUT2D eigenvalue weighted by molar-refractivity contribution is 7.04. The zero-order valence-electron chi connectivity index (χ0n) is 34.1. The highest BCUT2D eigenvalue weighted by Crippen LogP contribution is 2.44. The van der Waals surface area contributed by atoms with Crippen LogP contribution in [-0.4, -0.2) is 23.0 Å². The smallest absolute Gasteiger partial charge is 0.164 e. The summed E-state index contributed by atoms with van der Waals surface area (Å²) in [5.74, 6) is 0.609. The predicted octanol–water partition coefficient (Wildman–Crippen LogP) is 9.47. The number of para-hydroxylation sites is 2. The van der Waals surface area contributed by atoms with E-state index in [0.717, 1.165) is 10.8 Å². The van der Waals surface area contributed by atoms with Crippen molar-refractivity contribution in [2.24, 2.45) is 0 Å². The summed E-state index contributed by atoms with van der Waals surface area (Å²) in [6, 6.07) is 19.4. The molecule has 0 bridgehead atoms. The molecule has 0 unspecified atom stereocenters. The van der Waals surface area contributed by atoms with Crippen LogP contribution in [0.3, 0.4) is 0 Å². The standard InChI is InChI=1S/C41H27N3O2Si/c1-47(2)33-22-11-8-17-27(33)37-34(47)23-29(36-26-16-7-10-20-31(26)46-38(36)37)41-43-39(24-13-4-3-5-14-24)42-40(44-41)28-18-12-21-32-35(28)25-15-6-9-19-30(25)45-32/h3-23H,1-2H3/i7D,8D,10D,11D,16D,17D,20D,22D,23D. The third kappa shape index (κ3) is 3.73. The Kier molecular flexibility index (Phi) is 3.86. The lowest BCUT2D eigenvalue weighted by molar-refractivity contribution is 0.669. The van der Waals surface area contributed by atoms with Gasteiger partial charge in [0.1, 0.15) is 30.4 Å². The Balaban J connectivity index is 1.41. The second-order valence-electron chi connectivity index (χ2n) is 12.1. The molecule has 0 radical (unpaired) electrons. The van der Waals surface area contributed by atoms with Gasteiger partial charge in [-0.25, -0.2) is 15.0 Å². The van der Waals surface area contributed by atoms with E-state index < -0.39 is 38.3 Å². The molecule has 0 saturated heterocycles. The molecule has 5 nitrogen and oxygen atoms in total. The summed E-state index contributed by atoms with van der Waals surface area (Å²) in [4.78, 5) is 15.0. The topological polar surface area (TPSA) is 65.0 Å². The lowest BCUT2D eigenvalue weighted by atomic mass is 9.98. The fraction of sp³-hybridized carbons (Fsp3) is 0.0488. The van der Waals surface area contributed by atoms with E-state index in [1.165, 1.54) is 0 Å². The normalized spacial score (nSPS) is 16.2.